The first-order chi connectivity index (χ1) is 10.1. The Morgan fingerprint density at radius 2 is 1.62 bits per heavy atom. The van der Waals surface area contributed by atoms with E-state index in [1.54, 1.807) is 0 Å². The van der Waals surface area contributed by atoms with E-state index < -0.39 is 5.54 Å². The Morgan fingerprint density at radius 3 is 2.10 bits per heavy atom. The van der Waals surface area contributed by atoms with Crippen molar-refractivity contribution in [1.29, 1.82) is 0 Å². The van der Waals surface area contributed by atoms with Gasteiger partial charge in [-0.3, -0.25) is 9.59 Å². The number of piperazine rings is 1. The van der Waals surface area contributed by atoms with Crippen LogP contribution in [0.15, 0.2) is 0 Å². The average Bonchev–Trinajstić information content (AvgIpc) is 2.77. The number of hydrogen-bond acceptors (Lipinski definition) is 2. The minimum absolute atomic E-state index is 0.0585. The highest BCUT2D eigenvalue weighted by Gasteiger charge is 2.52. The Morgan fingerprint density at radius 1 is 1.05 bits per heavy atom. The molecule has 0 aromatic carbocycles. The summed E-state index contributed by atoms with van der Waals surface area (Å²) < 4.78 is 0. The second-order valence-corrected chi connectivity index (χ2v) is 6.53. The molecule has 0 aromatic heterocycles. The van der Waals surface area contributed by atoms with E-state index in [1.807, 2.05) is 25.7 Å². The first kappa shape index (κ1) is 16.3. The fourth-order valence-corrected chi connectivity index (χ4v) is 4.08. The summed E-state index contributed by atoms with van der Waals surface area (Å²) in [6.07, 6.45) is 9.06. The first-order valence-corrected chi connectivity index (χ1v) is 8.74. The smallest absolute Gasteiger partial charge is 0.246 e. The summed E-state index contributed by atoms with van der Waals surface area (Å²) >= 11 is 0. The zero-order valence-electron chi connectivity index (χ0n) is 13.8. The predicted molar refractivity (Wildman–Crippen MR) is 83.9 cm³/mol. The molecule has 0 aromatic rings. The van der Waals surface area contributed by atoms with Crippen molar-refractivity contribution in [3.05, 3.63) is 0 Å². The van der Waals surface area contributed by atoms with Crippen molar-refractivity contribution < 1.29 is 9.59 Å². The summed E-state index contributed by atoms with van der Waals surface area (Å²) in [7, 11) is 0. The van der Waals surface area contributed by atoms with Gasteiger partial charge in [-0.2, -0.15) is 0 Å². The van der Waals surface area contributed by atoms with Gasteiger partial charge in [0.05, 0.1) is 0 Å². The molecule has 0 radical (unpaired) electrons. The molecular formula is C17H30N2O2. The molecule has 0 bridgehead atoms. The maximum atomic E-state index is 13.0. The Bertz CT molecular complexity index is 382. The van der Waals surface area contributed by atoms with Crippen molar-refractivity contribution in [2.75, 3.05) is 0 Å². The van der Waals surface area contributed by atoms with E-state index in [4.69, 9.17) is 0 Å². The lowest BCUT2D eigenvalue weighted by atomic mass is 9.83. The molecule has 1 atom stereocenters. The van der Waals surface area contributed by atoms with Gasteiger partial charge < -0.3 is 10.2 Å². The van der Waals surface area contributed by atoms with Crippen LogP contribution in [0.4, 0.5) is 0 Å². The molecule has 1 heterocycles. The maximum Gasteiger partial charge on any atom is 0.246 e. The van der Waals surface area contributed by atoms with Crippen molar-refractivity contribution >= 4 is 11.8 Å². The van der Waals surface area contributed by atoms with Crippen molar-refractivity contribution in [2.45, 2.75) is 96.2 Å². The van der Waals surface area contributed by atoms with Crippen molar-refractivity contribution in [1.82, 2.24) is 10.2 Å². The zero-order chi connectivity index (χ0) is 15.5. The molecule has 1 unspecified atom stereocenters. The van der Waals surface area contributed by atoms with E-state index in [1.165, 1.54) is 25.7 Å². The van der Waals surface area contributed by atoms with E-state index >= 15 is 0 Å². The molecule has 2 aliphatic rings. The summed E-state index contributed by atoms with van der Waals surface area (Å²) in [4.78, 5) is 27.7. The van der Waals surface area contributed by atoms with Gasteiger partial charge in [0, 0.05) is 6.04 Å². The van der Waals surface area contributed by atoms with Crippen LogP contribution in [0.2, 0.25) is 0 Å². The fourth-order valence-electron chi connectivity index (χ4n) is 4.08. The number of hydrogen-bond donors (Lipinski definition) is 1. The van der Waals surface area contributed by atoms with Crippen LogP contribution < -0.4 is 5.32 Å². The molecule has 0 spiro atoms. The highest BCUT2D eigenvalue weighted by molar-refractivity contribution is 6.00. The molecule has 1 aliphatic carbocycles. The lowest BCUT2D eigenvalue weighted by Gasteiger charge is -2.51. The van der Waals surface area contributed by atoms with Gasteiger partial charge in [0.2, 0.25) is 11.8 Å². The van der Waals surface area contributed by atoms with Gasteiger partial charge in [-0.15, -0.1) is 0 Å². The number of nitrogens with zero attached hydrogens (tertiary/aromatic N) is 1. The molecule has 120 valence electrons. The minimum atomic E-state index is -0.627. The third-order valence-electron chi connectivity index (χ3n) is 5.49. The van der Waals surface area contributed by atoms with E-state index in [2.05, 4.69) is 5.32 Å². The summed E-state index contributed by atoms with van der Waals surface area (Å²) in [5, 5.41) is 2.96. The van der Waals surface area contributed by atoms with Crippen LogP contribution in [0.1, 0.15) is 78.6 Å². The zero-order valence-corrected chi connectivity index (χ0v) is 13.8. The van der Waals surface area contributed by atoms with Gasteiger partial charge in [0.1, 0.15) is 11.6 Å². The Hall–Kier alpha value is -1.06. The van der Waals surface area contributed by atoms with Crippen LogP contribution in [-0.4, -0.2) is 34.3 Å². The second-order valence-electron chi connectivity index (χ2n) is 6.53. The number of nitrogens with one attached hydrogen (secondary N) is 1. The average molecular weight is 294 g/mol. The molecule has 4 nitrogen and oxygen atoms in total. The van der Waals surface area contributed by atoms with Crippen LogP contribution in [0.5, 0.6) is 0 Å². The molecule has 21 heavy (non-hydrogen) atoms. The Labute approximate surface area is 128 Å². The SMILES string of the molecule is CCC1NC(=O)C(CC)(CC)N(C2CCCCCC2)C1=O. The quantitative estimate of drug-likeness (QED) is 0.810. The van der Waals surface area contributed by atoms with Gasteiger partial charge in [0.15, 0.2) is 0 Å². The Kier molecular flexibility index (Phi) is 5.28. The van der Waals surface area contributed by atoms with Crippen LogP contribution in [0.3, 0.4) is 0 Å². The third kappa shape index (κ3) is 2.82. The van der Waals surface area contributed by atoms with Gasteiger partial charge in [-0.05, 0) is 32.1 Å². The first-order valence-electron chi connectivity index (χ1n) is 8.74. The van der Waals surface area contributed by atoms with E-state index in [0.717, 1.165) is 12.8 Å². The maximum absolute atomic E-state index is 13.0. The van der Waals surface area contributed by atoms with Gasteiger partial charge in [-0.1, -0.05) is 46.5 Å². The van der Waals surface area contributed by atoms with E-state index in [-0.39, 0.29) is 23.9 Å². The number of rotatable bonds is 4. The van der Waals surface area contributed by atoms with Gasteiger partial charge in [0.25, 0.3) is 0 Å². The molecular weight excluding hydrogens is 264 g/mol. The minimum Gasteiger partial charge on any atom is -0.342 e. The predicted octanol–water partition coefficient (Wildman–Crippen LogP) is 3.01. The van der Waals surface area contributed by atoms with Gasteiger partial charge in [-0.25, -0.2) is 0 Å². The molecule has 2 rings (SSSR count). The monoisotopic (exact) mass is 294 g/mol. The van der Waals surface area contributed by atoms with Crippen LogP contribution in [0, 0.1) is 0 Å². The summed E-state index contributed by atoms with van der Waals surface area (Å²) in [5.41, 5.74) is -0.627. The molecule has 1 N–H and O–H groups in total. The number of carbonyl (C=O) groups is 2. The van der Waals surface area contributed by atoms with Crippen molar-refractivity contribution in [3.8, 4) is 0 Å². The normalized spacial score (nSPS) is 27.4. The summed E-state index contributed by atoms with van der Waals surface area (Å²) in [6, 6.07) is -0.0769. The molecule has 1 saturated carbocycles. The fraction of sp³-hybridized carbons (Fsp3) is 0.882. The van der Waals surface area contributed by atoms with Crippen molar-refractivity contribution in [2.24, 2.45) is 0 Å². The highest BCUT2D eigenvalue weighted by Crippen LogP contribution is 2.35. The van der Waals surface area contributed by atoms with Crippen LogP contribution >= 0.6 is 0 Å². The molecule has 1 aliphatic heterocycles. The molecule has 2 fully saturated rings. The Balaban J connectivity index is 2.36. The van der Waals surface area contributed by atoms with Gasteiger partial charge >= 0.3 is 0 Å². The second kappa shape index (κ2) is 6.80. The largest absolute Gasteiger partial charge is 0.342 e. The lowest BCUT2D eigenvalue weighted by Crippen LogP contribution is -2.72. The van der Waals surface area contributed by atoms with Crippen LogP contribution in [-0.2, 0) is 9.59 Å². The highest BCUT2D eigenvalue weighted by atomic mass is 16.2. The van der Waals surface area contributed by atoms with E-state index in [9.17, 15) is 9.59 Å². The van der Waals surface area contributed by atoms with Crippen LogP contribution in [0.25, 0.3) is 0 Å². The summed E-state index contributed by atoms with van der Waals surface area (Å²) in [6.45, 7) is 6.04. The third-order valence-corrected chi connectivity index (χ3v) is 5.49. The molecule has 1 saturated heterocycles. The number of carbonyl (C=O) groups excluding carboxylic acids is 2. The molecule has 4 heteroatoms. The topological polar surface area (TPSA) is 49.4 Å². The number of amides is 2. The lowest BCUT2D eigenvalue weighted by molar-refractivity contribution is -0.162. The standard InChI is InChI=1S/C17H30N2O2/c1-4-14-15(20)19(13-11-9-7-8-10-12-13)17(5-2,6-3)16(21)18-14/h13-14H,4-12H2,1-3H3,(H,18,21). The summed E-state index contributed by atoms with van der Waals surface area (Å²) in [5.74, 6) is 0.205. The van der Waals surface area contributed by atoms with Crippen molar-refractivity contribution in [3.63, 3.8) is 0 Å². The molecule has 2 amide bonds. The van der Waals surface area contributed by atoms with E-state index in [0.29, 0.717) is 19.3 Å².